The van der Waals surface area contributed by atoms with Crippen LogP contribution in [0.25, 0.3) is 23.4 Å². The maximum Gasteiger partial charge on any atom is 0.225 e. The smallest absolute Gasteiger partial charge is 0.225 e. The summed E-state index contributed by atoms with van der Waals surface area (Å²) in [6.45, 7) is 0. The number of anilines is 1. The molecule has 1 N–H and O–H groups in total. The number of aromatic nitrogens is 2. The van der Waals surface area contributed by atoms with Crippen LogP contribution in [0.4, 0.5) is 5.82 Å². The van der Waals surface area contributed by atoms with Gasteiger partial charge < -0.3 is 10.1 Å². The molecular weight excluding hydrogens is 422 g/mol. The van der Waals surface area contributed by atoms with Crippen LogP contribution < -0.4 is 10.1 Å². The minimum Gasteiger partial charge on any atom is -0.497 e. The van der Waals surface area contributed by atoms with Gasteiger partial charge in [-0.05, 0) is 54.3 Å². The second-order valence-electron chi connectivity index (χ2n) is 7.85. The fraction of sp³-hybridized carbons (Fsp3) is 0.138. The van der Waals surface area contributed by atoms with Crippen LogP contribution in [0.1, 0.15) is 29.7 Å². The summed E-state index contributed by atoms with van der Waals surface area (Å²) in [7, 11) is 1.64. The summed E-state index contributed by atoms with van der Waals surface area (Å²) in [6, 6.07) is 27.8. The lowest BCUT2D eigenvalue weighted by molar-refractivity contribution is -0.116. The quantitative estimate of drug-likeness (QED) is 0.326. The van der Waals surface area contributed by atoms with Gasteiger partial charge in [0.15, 0.2) is 5.82 Å². The molecule has 0 saturated heterocycles. The van der Waals surface area contributed by atoms with Gasteiger partial charge in [-0.15, -0.1) is 0 Å². The third kappa shape index (κ3) is 6.39. The minimum absolute atomic E-state index is 0.0724. The third-order valence-electron chi connectivity index (χ3n) is 5.39. The second kappa shape index (κ2) is 11.6. The van der Waals surface area contributed by atoms with E-state index in [1.165, 1.54) is 5.56 Å². The Balaban J connectivity index is 1.52. The van der Waals surface area contributed by atoms with Gasteiger partial charge in [-0.2, -0.15) is 0 Å². The molecule has 5 nitrogen and oxygen atoms in total. The highest BCUT2D eigenvalue weighted by Crippen LogP contribution is 2.23. The molecule has 0 fully saturated rings. The van der Waals surface area contributed by atoms with Crippen LogP contribution in [-0.4, -0.2) is 23.0 Å². The lowest BCUT2D eigenvalue weighted by Gasteiger charge is -2.10. The molecule has 4 aromatic rings. The summed E-state index contributed by atoms with van der Waals surface area (Å²) in [6.07, 6.45) is 7.57. The zero-order chi connectivity index (χ0) is 23.6. The molecule has 5 heteroatoms. The summed E-state index contributed by atoms with van der Waals surface area (Å²) < 4.78 is 5.24. The van der Waals surface area contributed by atoms with E-state index in [1.807, 2.05) is 84.9 Å². The van der Waals surface area contributed by atoms with Gasteiger partial charge in [-0.25, -0.2) is 9.97 Å². The number of amides is 1. The van der Waals surface area contributed by atoms with E-state index in [0.717, 1.165) is 35.4 Å². The van der Waals surface area contributed by atoms with Crippen molar-refractivity contribution in [1.82, 2.24) is 9.97 Å². The van der Waals surface area contributed by atoms with Crippen LogP contribution in [0.15, 0.2) is 91.1 Å². The van der Waals surface area contributed by atoms with E-state index in [9.17, 15) is 4.79 Å². The molecule has 3 aromatic carbocycles. The van der Waals surface area contributed by atoms with Gasteiger partial charge in [0.05, 0.1) is 19.0 Å². The summed E-state index contributed by atoms with van der Waals surface area (Å²) in [5, 5.41) is 2.95. The highest BCUT2D eigenvalue weighted by atomic mass is 16.5. The van der Waals surface area contributed by atoms with Gasteiger partial charge in [0.25, 0.3) is 0 Å². The molecule has 0 bridgehead atoms. The van der Waals surface area contributed by atoms with E-state index in [4.69, 9.17) is 9.72 Å². The molecule has 1 heterocycles. The highest BCUT2D eigenvalue weighted by Gasteiger charge is 2.11. The number of hydrogen-bond donors (Lipinski definition) is 1. The van der Waals surface area contributed by atoms with E-state index in [-0.39, 0.29) is 5.91 Å². The molecule has 1 amide bonds. The third-order valence-corrected chi connectivity index (χ3v) is 5.39. The van der Waals surface area contributed by atoms with Crippen molar-refractivity contribution in [3.05, 3.63) is 108 Å². The maximum atomic E-state index is 12.6. The molecule has 0 aliphatic rings. The molecule has 0 spiro atoms. The van der Waals surface area contributed by atoms with Crippen molar-refractivity contribution >= 4 is 23.9 Å². The number of rotatable bonds is 9. The Kier molecular flexibility index (Phi) is 7.80. The second-order valence-corrected chi connectivity index (χ2v) is 7.85. The predicted molar refractivity (Wildman–Crippen MR) is 137 cm³/mol. The average Bonchev–Trinajstić information content (AvgIpc) is 2.89. The van der Waals surface area contributed by atoms with Gasteiger partial charge in [-0.1, -0.05) is 66.7 Å². The van der Waals surface area contributed by atoms with Gasteiger partial charge >= 0.3 is 0 Å². The van der Waals surface area contributed by atoms with Crippen LogP contribution in [0.5, 0.6) is 5.75 Å². The number of hydrogen-bond acceptors (Lipinski definition) is 4. The van der Waals surface area contributed by atoms with Crippen molar-refractivity contribution in [3.8, 4) is 17.0 Å². The summed E-state index contributed by atoms with van der Waals surface area (Å²) >= 11 is 0. The maximum absolute atomic E-state index is 12.6. The Morgan fingerprint density at radius 1 is 0.912 bits per heavy atom. The van der Waals surface area contributed by atoms with Crippen molar-refractivity contribution in [2.24, 2.45) is 0 Å². The van der Waals surface area contributed by atoms with Crippen LogP contribution in [0.3, 0.4) is 0 Å². The molecule has 0 unspecified atom stereocenters. The number of ether oxygens (including phenoxy) is 1. The molecule has 0 aliphatic heterocycles. The first-order valence-electron chi connectivity index (χ1n) is 11.3. The van der Waals surface area contributed by atoms with Crippen molar-refractivity contribution in [2.45, 2.75) is 19.3 Å². The molecule has 1 aromatic heterocycles. The number of nitrogens with zero attached hydrogens (tertiary/aromatic N) is 2. The number of carbonyl (C=O) groups is 1. The minimum atomic E-state index is -0.0724. The topological polar surface area (TPSA) is 64.1 Å². The molecular formula is C29H27N3O2. The predicted octanol–water partition coefficient (Wildman–Crippen LogP) is 6.28. The zero-order valence-electron chi connectivity index (χ0n) is 19.1. The van der Waals surface area contributed by atoms with Gasteiger partial charge in [0.2, 0.25) is 5.91 Å². The Bertz CT molecular complexity index is 1240. The zero-order valence-corrected chi connectivity index (χ0v) is 19.1. The normalized spacial score (nSPS) is 10.9. The van der Waals surface area contributed by atoms with E-state index >= 15 is 0 Å². The Hall–Kier alpha value is -4.25. The first-order valence-corrected chi connectivity index (χ1v) is 11.3. The molecule has 170 valence electrons. The number of methoxy groups -OCH3 is 1. The first kappa shape index (κ1) is 22.9. The van der Waals surface area contributed by atoms with Crippen molar-refractivity contribution in [3.63, 3.8) is 0 Å². The van der Waals surface area contributed by atoms with E-state index in [2.05, 4.69) is 22.4 Å². The standard InChI is InChI=1S/C29H27N3O2/c1-34-25-18-16-24(17-19-25)27-21-30-29(26(31-27)20-15-23-11-6-3-7-12-23)32-28(33)14-8-13-22-9-4-2-5-10-22/h2-7,9-12,15-21H,8,13-14H2,1H3,(H,30,32,33)/b20-15+. The summed E-state index contributed by atoms with van der Waals surface area (Å²) in [5.41, 5.74) is 4.51. The lowest BCUT2D eigenvalue weighted by Crippen LogP contribution is -2.14. The van der Waals surface area contributed by atoms with Crippen molar-refractivity contribution in [1.29, 1.82) is 0 Å². The average molecular weight is 450 g/mol. The lowest BCUT2D eigenvalue weighted by atomic mass is 10.1. The van der Waals surface area contributed by atoms with Gasteiger partial charge in [0.1, 0.15) is 11.4 Å². The molecule has 0 radical (unpaired) electrons. The van der Waals surface area contributed by atoms with E-state index in [0.29, 0.717) is 17.9 Å². The van der Waals surface area contributed by atoms with Gasteiger partial charge in [-0.3, -0.25) is 4.79 Å². The molecule has 0 aliphatic carbocycles. The molecule has 34 heavy (non-hydrogen) atoms. The van der Waals surface area contributed by atoms with Crippen LogP contribution in [-0.2, 0) is 11.2 Å². The molecule has 4 rings (SSSR count). The van der Waals surface area contributed by atoms with E-state index < -0.39 is 0 Å². The highest BCUT2D eigenvalue weighted by molar-refractivity contribution is 5.92. The number of benzene rings is 3. The monoisotopic (exact) mass is 449 g/mol. The SMILES string of the molecule is COc1ccc(-c2cnc(NC(=O)CCCc3ccccc3)c(/C=C/c3ccccc3)n2)cc1. The van der Waals surface area contributed by atoms with E-state index in [1.54, 1.807) is 13.3 Å². The molecule has 0 saturated carbocycles. The van der Waals surface area contributed by atoms with Gasteiger partial charge in [0, 0.05) is 12.0 Å². The Morgan fingerprint density at radius 2 is 1.62 bits per heavy atom. The largest absolute Gasteiger partial charge is 0.497 e. The van der Waals surface area contributed by atoms with Crippen LogP contribution in [0.2, 0.25) is 0 Å². The Labute approximate surface area is 200 Å². The van der Waals surface area contributed by atoms with Crippen LogP contribution >= 0.6 is 0 Å². The summed E-state index contributed by atoms with van der Waals surface area (Å²) in [5.74, 6) is 1.16. The summed E-state index contributed by atoms with van der Waals surface area (Å²) in [4.78, 5) is 22.0. The number of carbonyl (C=O) groups excluding carboxylic acids is 1. The van der Waals surface area contributed by atoms with Crippen molar-refractivity contribution < 1.29 is 9.53 Å². The first-order chi connectivity index (χ1) is 16.7. The molecule has 0 atom stereocenters. The van der Waals surface area contributed by atoms with Crippen LogP contribution in [0, 0.1) is 0 Å². The van der Waals surface area contributed by atoms with Crippen molar-refractivity contribution in [2.75, 3.05) is 12.4 Å². The fourth-order valence-corrected chi connectivity index (χ4v) is 3.55. The number of nitrogens with one attached hydrogen (secondary N) is 1. The Morgan fingerprint density at radius 3 is 2.32 bits per heavy atom. The fourth-order valence-electron chi connectivity index (χ4n) is 3.55. The number of aryl methyl sites for hydroxylation is 1.